The summed E-state index contributed by atoms with van der Waals surface area (Å²) < 4.78 is 18.8. The molecule has 0 aromatic heterocycles. The number of likely N-dealkylation sites (tertiary alicyclic amines) is 1. The Labute approximate surface area is 111 Å². The van der Waals surface area contributed by atoms with Crippen molar-refractivity contribution in [3.05, 3.63) is 29.6 Å². The summed E-state index contributed by atoms with van der Waals surface area (Å²) in [7, 11) is 1.81. The zero-order valence-electron chi connectivity index (χ0n) is 10.9. The molecule has 1 saturated heterocycles. The molecule has 102 valence electrons. The van der Waals surface area contributed by atoms with Gasteiger partial charge in [-0.15, -0.1) is 0 Å². The Morgan fingerprint density at radius 2 is 2.37 bits per heavy atom. The highest BCUT2D eigenvalue weighted by Crippen LogP contribution is 2.29. The van der Waals surface area contributed by atoms with Gasteiger partial charge in [0.05, 0.1) is 6.04 Å². The predicted molar refractivity (Wildman–Crippen MR) is 68.6 cm³/mol. The maximum Gasteiger partial charge on any atom is 0.239 e. The van der Waals surface area contributed by atoms with Crippen LogP contribution in [0, 0.1) is 5.82 Å². The van der Waals surface area contributed by atoms with Gasteiger partial charge in [-0.3, -0.25) is 4.79 Å². The molecule has 19 heavy (non-hydrogen) atoms. The van der Waals surface area contributed by atoms with Crippen LogP contribution in [0.5, 0.6) is 5.75 Å². The highest BCUT2D eigenvalue weighted by atomic mass is 19.1. The number of hydrogen-bond acceptors (Lipinski definition) is 3. The number of rotatable bonds is 3. The molecule has 0 bridgehead atoms. The summed E-state index contributed by atoms with van der Waals surface area (Å²) in [6, 6.07) is 4.49. The summed E-state index contributed by atoms with van der Waals surface area (Å²) in [5, 5.41) is 3.24. The van der Waals surface area contributed by atoms with Crippen LogP contribution in [-0.4, -0.2) is 43.1 Å². The smallest absolute Gasteiger partial charge is 0.239 e. The van der Waals surface area contributed by atoms with Crippen molar-refractivity contribution < 1.29 is 13.9 Å². The van der Waals surface area contributed by atoms with Crippen LogP contribution in [0.2, 0.25) is 0 Å². The number of ether oxygens (including phenoxy) is 1. The van der Waals surface area contributed by atoms with E-state index in [0.717, 1.165) is 24.3 Å². The van der Waals surface area contributed by atoms with Crippen LogP contribution in [0.4, 0.5) is 4.39 Å². The van der Waals surface area contributed by atoms with Crippen molar-refractivity contribution in [2.45, 2.75) is 25.0 Å². The number of fused-ring (bicyclic) bond motifs is 1. The third-order valence-electron chi connectivity index (χ3n) is 3.78. The maximum atomic E-state index is 13.1. The fourth-order valence-corrected chi connectivity index (χ4v) is 2.69. The average molecular weight is 264 g/mol. The van der Waals surface area contributed by atoms with Crippen LogP contribution < -0.4 is 10.1 Å². The van der Waals surface area contributed by atoms with Gasteiger partial charge in [-0.1, -0.05) is 0 Å². The molecule has 5 heteroatoms. The number of carbonyl (C=O) groups is 1. The molecular formula is C14H17FN2O2. The lowest BCUT2D eigenvalue weighted by Crippen LogP contribution is -2.41. The second-order valence-electron chi connectivity index (χ2n) is 5.21. The SMILES string of the molecule is CN1CCC(NCC2Cc3cc(F)ccc3O2)C1=O. The Morgan fingerprint density at radius 1 is 1.53 bits per heavy atom. The molecule has 1 aromatic carbocycles. The Hall–Kier alpha value is -1.62. The molecule has 1 aromatic rings. The number of benzene rings is 1. The highest BCUT2D eigenvalue weighted by Gasteiger charge is 2.30. The molecule has 2 atom stereocenters. The van der Waals surface area contributed by atoms with Crippen molar-refractivity contribution >= 4 is 5.91 Å². The van der Waals surface area contributed by atoms with Gasteiger partial charge in [0, 0.05) is 32.1 Å². The van der Waals surface area contributed by atoms with Crippen LogP contribution in [0.1, 0.15) is 12.0 Å². The largest absolute Gasteiger partial charge is 0.488 e. The number of likely N-dealkylation sites (N-methyl/N-ethyl adjacent to an activating group) is 1. The van der Waals surface area contributed by atoms with E-state index >= 15 is 0 Å². The van der Waals surface area contributed by atoms with Crippen LogP contribution in [0.3, 0.4) is 0 Å². The van der Waals surface area contributed by atoms with E-state index in [4.69, 9.17) is 4.74 Å². The molecule has 2 aliphatic rings. The number of carbonyl (C=O) groups excluding carboxylic acids is 1. The molecule has 3 rings (SSSR count). The van der Waals surface area contributed by atoms with E-state index in [2.05, 4.69) is 5.32 Å². The molecule has 1 N–H and O–H groups in total. The summed E-state index contributed by atoms with van der Waals surface area (Å²) in [6.07, 6.45) is 1.51. The minimum Gasteiger partial charge on any atom is -0.488 e. The fraction of sp³-hybridized carbons (Fsp3) is 0.500. The van der Waals surface area contributed by atoms with Gasteiger partial charge in [0.2, 0.25) is 5.91 Å². The lowest BCUT2D eigenvalue weighted by Gasteiger charge is -2.15. The van der Waals surface area contributed by atoms with Crippen LogP contribution in [-0.2, 0) is 11.2 Å². The molecule has 2 aliphatic heterocycles. The van der Waals surface area contributed by atoms with E-state index in [9.17, 15) is 9.18 Å². The molecule has 0 aliphatic carbocycles. The van der Waals surface area contributed by atoms with Crippen molar-refractivity contribution in [2.75, 3.05) is 20.1 Å². The van der Waals surface area contributed by atoms with Crippen molar-refractivity contribution in [3.8, 4) is 5.75 Å². The van der Waals surface area contributed by atoms with Gasteiger partial charge in [0.25, 0.3) is 0 Å². The monoisotopic (exact) mass is 264 g/mol. The fourth-order valence-electron chi connectivity index (χ4n) is 2.69. The third-order valence-corrected chi connectivity index (χ3v) is 3.78. The standard InChI is InChI=1S/C14H17FN2O2/c1-17-5-4-12(14(17)18)16-8-11-7-9-6-10(15)2-3-13(9)19-11/h2-3,6,11-12,16H,4-5,7-8H2,1H3. The maximum absolute atomic E-state index is 13.1. The number of amides is 1. The summed E-state index contributed by atoms with van der Waals surface area (Å²) in [5.74, 6) is 0.660. The van der Waals surface area contributed by atoms with E-state index < -0.39 is 0 Å². The van der Waals surface area contributed by atoms with E-state index in [-0.39, 0.29) is 23.9 Å². The summed E-state index contributed by atoms with van der Waals surface area (Å²) in [6.45, 7) is 1.41. The molecule has 4 nitrogen and oxygen atoms in total. The quantitative estimate of drug-likeness (QED) is 0.884. The first-order valence-corrected chi connectivity index (χ1v) is 6.57. The van der Waals surface area contributed by atoms with Crippen molar-refractivity contribution in [1.29, 1.82) is 0 Å². The molecule has 1 fully saturated rings. The Bertz CT molecular complexity index is 506. The normalized spacial score (nSPS) is 25.6. The third kappa shape index (κ3) is 2.42. The molecule has 0 radical (unpaired) electrons. The zero-order chi connectivity index (χ0) is 13.4. The first-order chi connectivity index (χ1) is 9.13. The molecule has 2 heterocycles. The summed E-state index contributed by atoms with van der Waals surface area (Å²) in [4.78, 5) is 13.5. The molecule has 0 saturated carbocycles. The summed E-state index contributed by atoms with van der Waals surface area (Å²) >= 11 is 0. The second-order valence-corrected chi connectivity index (χ2v) is 5.21. The number of hydrogen-bond donors (Lipinski definition) is 1. The number of nitrogens with zero attached hydrogens (tertiary/aromatic N) is 1. The van der Waals surface area contributed by atoms with E-state index in [0.29, 0.717) is 13.0 Å². The van der Waals surface area contributed by atoms with Crippen LogP contribution in [0.15, 0.2) is 18.2 Å². The van der Waals surface area contributed by atoms with Gasteiger partial charge < -0.3 is 15.0 Å². The molecule has 1 amide bonds. The van der Waals surface area contributed by atoms with Gasteiger partial charge in [-0.25, -0.2) is 4.39 Å². The number of halogens is 1. The molecular weight excluding hydrogens is 247 g/mol. The second kappa shape index (κ2) is 4.81. The lowest BCUT2D eigenvalue weighted by atomic mass is 10.1. The zero-order valence-corrected chi connectivity index (χ0v) is 10.9. The van der Waals surface area contributed by atoms with E-state index in [1.807, 2.05) is 7.05 Å². The van der Waals surface area contributed by atoms with E-state index in [1.54, 1.807) is 11.0 Å². The van der Waals surface area contributed by atoms with Crippen molar-refractivity contribution in [3.63, 3.8) is 0 Å². The van der Waals surface area contributed by atoms with Crippen LogP contribution >= 0.6 is 0 Å². The number of nitrogens with one attached hydrogen (secondary N) is 1. The topological polar surface area (TPSA) is 41.6 Å². The van der Waals surface area contributed by atoms with Crippen molar-refractivity contribution in [1.82, 2.24) is 10.2 Å². The Morgan fingerprint density at radius 3 is 3.11 bits per heavy atom. The van der Waals surface area contributed by atoms with Crippen molar-refractivity contribution in [2.24, 2.45) is 0 Å². The van der Waals surface area contributed by atoms with Gasteiger partial charge in [-0.2, -0.15) is 0 Å². The first-order valence-electron chi connectivity index (χ1n) is 6.57. The summed E-state index contributed by atoms with van der Waals surface area (Å²) in [5.41, 5.74) is 0.904. The van der Waals surface area contributed by atoms with E-state index in [1.165, 1.54) is 12.1 Å². The Kier molecular flexibility index (Phi) is 3.14. The van der Waals surface area contributed by atoms with Gasteiger partial charge in [0.15, 0.2) is 0 Å². The minimum absolute atomic E-state index is 0.0180. The molecule has 0 spiro atoms. The highest BCUT2D eigenvalue weighted by molar-refractivity contribution is 5.83. The molecule has 2 unspecified atom stereocenters. The lowest BCUT2D eigenvalue weighted by molar-refractivity contribution is -0.128. The van der Waals surface area contributed by atoms with Gasteiger partial charge in [-0.05, 0) is 24.6 Å². The van der Waals surface area contributed by atoms with Crippen LogP contribution in [0.25, 0.3) is 0 Å². The van der Waals surface area contributed by atoms with Gasteiger partial charge >= 0.3 is 0 Å². The minimum atomic E-state index is -0.233. The Balaban J connectivity index is 1.55. The average Bonchev–Trinajstić information content (AvgIpc) is 2.92. The van der Waals surface area contributed by atoms with Gasteiger partial charge in [0.1, 0.15) is 17.7 Å². The first kappa shape index (κ1) is 12.4. The predicted octanol–water partition coefficient (Wildman–Crippen LogP) is 0.949.